The molecule has 0 saturated heterocycles. The lowest BCUT2D eigenvalue weighted by atomic mass is 10.4. The fourth-order valence-electron chi connectivity index (χ4n) is 1.94. The molecule has 0 spiro atoms. The van der Waals surface area contributed by atoms with Crippen LogP contribution in [0.3, 0.4) is 0 Å². The molecule has 0 saturated carbocycles. The van der Waals surface area contributed by atoms with E-state index >= 15 is 0 Å². The van der Waals surface area contributed by atoms with Crippen LogP contribution in [-0.4, -0.2) is 21.0 Å². The summed E-state index contributed by atoms with van der Waals surface area (Å²) >= 11 is 21.1. The SMILES string of the molecule is Clc1ccnc2c(Br)csc12.O=C(O)c1sc2c(Cl)ccnc2c1Br. The summed E-state index contributed by atoms with van der Waals surface area (Å²) in [5.74, 6) is -0.976. The molecular formula is C15H6Br2Cl2N2O2S2. The maximum atomic E-state index is 10.8. The molecule has 0 aliphatic carbocycles. The van der Waals surface area contributed by atoms with Crippen molar-refractivity contribution < 1.29 is 9.90 Å². The van der Waals surface area contributed by atoms with E-state index < -0.39 is 5.97 Å². The second-order valence-electron chi connectivity index (χ2n) is 4.57. The van der Waals surface area contributed by atoms with Crippen LogP contribution in [0.5, 0.6) is 0 Å². The van der Waals surface area contributed by atoms with E-state index in [-0.39, 0.29) is 4.88 Å². The summed E-state index contributed by atoms with van der Waals surface area (Å²) in [6, 6.07) is 3.44. The van der Waals surface area contributed by atoms with Crippen molar-refractivity contribution in [2.75, 3.05) is 0 Å². The van der Waals surface area contributed by atoms with E-state index in [2.05, 4.69) is 41.8 Å². The Bertz CT molecular complexity index is 1100. The first-order valence-corrected chi connectivity index (χ1v) is 10.6. The molecule has 0 aliphatic rings. The number of fused-ring (bicyclic) bond motifs is 2. The molecule has 4 aromatic heterocycles. The molecule has 0 radical (unpaired) electrons. The predicted octanol–water partition coefficient (Wildman–Crippen LogP) is 7.12. The van der Waals surface area contributed by atoms with Gasteiger partial charge in [0.2, 0.25) is 0 Å². The molecule has 0 amide bonds. The summed E-state index contributed by atoms with van der Waals surface area (Å²) in [5.41, 5.74) is 1.54. The molecule has 4 nitrogen and oxygen atoms in total. The summed E-state index contributed by atoms with van der Waals surface area (Å²) in [6.07, 6.45) is 3.26. The first-order chi connectivity index (χ1) is 11.9. The van der Waals surface area contributed by atoms with E-state index in [1.165, 1.54) is 0 Å². The van der Waals surface area contributed by atoms with E-state index in [1.54, 1.807) is 35.9 Å². The van der Waals surface area contributed by atoms with Gasteiger partial charge >= 0.3 is 5.97 Å². The van der Waals surface area contributed by atoms with Crippen molar-refractivity contribution in [3.05, 3.63) is 53.8 Å². The van der Waals surface area contributed by atoms with Crippen molar-refractivity contribution in [3.63, 3.8) is 0 Å². The number of thiophene rings is 2. The Kier molecular flexibility index (Phi) is 5.97. The quantitative estimate of drug-likeness (QED) is 0.279. The van der Waals surface area contributed by atoms with Gasteiger partial charge in [-0.15, -0.1) is 22.7 Å². The number of carbonyl (C=O) groups is 1. The number of carboxylic acids is 1. The Morgan fingerprint density at radius 2 is 1.64 bits per heavy atom. The zero-order chi connectivity index (χ0) is 18.1. The van der Waals surface area contributed by atoms with Crippen molar-refractivity contribution in [1.29, 1.82) is 0 Å². The molecule has 1 N–H and O–H groups in total. The molecular weight excluding hydrogens is 535 g/mol. The van der Waals surface area contributed by atoms with Crippen LogP contribution in [0.15, 0.2) is 38.9 Å². The van der Waals surface area contributed by atoms with Crippen molar-refractivity contribution in [3.8, 4) is 0 Å². The summed E-state index contributed by atoms with van der Waals surface area (Å²) in [7, 11) is 0. The molecule has 25 heavy (non-hydrogen) atoms. The normalized spacial score (nSPS) is 10.7. The third-order valence-corrected chi connectivity index (χ3v) is 8.02. The van der Waals surface area contributed by atoms with Gasteiger partial charge in [-0.1, -0.05) is 23.2 Å². The number of hydrogen-bond acceptors (Lipinski definition) is 5. The summed E-state index contributed by atoms with van der Waals surface area (Å²) in [6.45, 7) is 0. The molecule has 4 heterocycles. The molecule has 4 aromatic rings. The molecule has 0 fully saturated rings. The van der Waals surface area contributed by atoms with E-state index in [9.17, 15) is 4.79 Å². The third kappa shape index (κ3) is 3.84. The summed E-state index contributed by atoms with van der Waals surface area (Å²) in [5, 5.41) is 12.1. The van der Waals surface area contributed by atoms with E-state index in [1.807, 2.05) is 5.38 Å². The Hall–Kier alpha value is -0.770. The van der Waals surface area contributed by atoms with E-state index in [0.29, 0.717) is 19.7 Å². The lowest BCUT2D eigenvalue weighted by Gasteiger charge is -1.90. The number of aromatic carboxylic acids is 1. The molecule has 128 valence electrons. The smallest absolute Gasteiger partial charge is 0.347 e. The molecule has 0 aliphatic heterocycles. The maximum Gasteiger partial charge on any atom is 0.347 e. The maximum absolute atomic E-state index is 10.8. The second-order valence-corrected chi connectivity index (χ2v) is 8.94. The lowest BCUT2D eigenvalue weighted by Crippen LogP contribution is -1.91. The van der Waals surface area contributed by atoms with Crippen molar-refractivity contribution in [2.24, 2.45) is 0 Å². The third-order valence-electron chi connectivity index (χ3n) is 3.03. The van der Waals surface area contributed by atoms with E-state index in [0.717, 1.165) is 31.0 Å². The van der Waals surface area contributed by atoms with Gasteiger partial charge in [-0.2, -0.15) is 0 Å². The molecule has 0 bridgehead atoms. The Morgan fingerprint density at radius 1 is 1.04 bits per heavy atom. The van der Waals surface area contributed by atoms with Crippen LogP contribution < -0.4 is 0 Å². The minimum absolute atomic E-state index is 0.223. The highest BCUT2D eigenvalue weighted by molar-refractivity contribution is 9.11. The van der Waals surface area contributed by atoms with Gasteiger partial charge in [-0.05, 0) is 44.0 Å². The van der Waals surface area contributed by atoms with Gasteiger partial charge in [0.25, 0.3) is 0 Å². The Labute approximate surface area is 176 Å². The van der Waals surface area contributed by atoms with Crippen LogP contribution in [0.2, 0.25) is 10.0 Å². The molecule has 0 atom stereocenters. The van der Waals surface area contributed by atoms with Crippen LogP contribution >= 0.6 is 77.7 Å². The molecule has 0 aromatic carbocycles. The highest BCUT2D eigenvalue weighted by Crippen LogP contribution is 2.37. The number of carboxylic acid groups (broad SMARTS) is 1. The summed E-state index contributed by atoms with van der Waals surface area (Å²) < 4.78 is 3.24. The van der Waals surface area contributed by atoms with Crippen LogP contribution in [-0.2, 0) is 0 Å². The number of pyridine rings is 2. The van der Waals surface area contributed by atoms with Gasteiger partial charge in [0.1, 0.15) is 4.88 Å². The molecule has 4 rings (SSSR count). The van der Waals surface area contributed by atoms with Gasteiger partial charge in [-0.3, -0.25) is 9.97 Å². The number of halogens is 4. The van der Waals surface area contributed by atoms with Gasteiger partial charge in [0.05, 0.1) is 39.4 Å². The van der Waals surface area contributed by atoms with Gasteiger partial charge in [-0.25, -0.2) is 4.79 Å². The highest BCUT2D eigenvalue weighted by atomic mass is 79.9. The first kappa shape index (κ1) is 19.0. The standard InChI is InChI=1S/C8H3BrClNO2S.C7H3BrClNS/c9-4-5-6(3(10)1-2-11-5)14-7(4)8(12)13;8-4-3-11-7-5(9)1-2-10-6(4)7/h1-2H,(H,12,13);1-3H. The summed E-state index contributed by atoms with van der Waals surface area (Å²) in [4.78, 5) is 19.3. The second kappa shape index (κ2) is 7.85. The average molecular weight is 541 g/mol. The average Bonchev–Trinajstić information content (AvgIpc) is 3.12. The number of aromatic nitrogens is 2. The number of hydrogen-bond donors (Lipinski definition) is 1. The Balaban J connectivity index is 0.000000150. The number of nitrogens with zero attached hydrogens (tertiary/aromatic N) is 2. The molecule has 0 unspecified atom stereocenters. The lowest BCUT2D eigenvalue weighted by molar-refractivity contribution is 0.0701. The fourth-order valence-corrected chi connectivity index (χ4v) is 5.72. The molecule has 10 heteroatoms. The van der Waals surface area contributed by atoms with E-state index in [4.69, 9.17) is 28.3 Å². The van der Waals surface area contributed by atoms with Gasteiger partial charge < -0.3 is 5.11 Å². The zero-order valence-electron chi connectivity index (χ0n) is 12.0. The Morgan fingerprint density at radius 3 is 2.20 bits per heavy atom. The topological polar surface area (TPSA) is 63.1 Å². The monoisotopic (exact) mass is 538 g/mol. The zero-order valence-corrected chi connectivity index (χ0v) is 18.3. The van der Waals surface area contributed by atoms with Crippen LogP contribution in [0, 0.1) is 0 Å². The predicted molar refractivity (Wildman–Crippen MR) is 112 cm³/mol. The van der Waals surface area contributed by atoms with Gasteiger partial charge in [0, 0.05) is 17.8 Å². The fraction of sp³-hybridized carbons (Fsp3) is 0. The van der Waals surface area contributed by atoms with Gasteiger partial charge in [0.15, 0.2) is 0 Å². The van der Waals surface area contributed by atoms with Crippen LogP contribution in [0.25, 0.3) is 20.4 Å². The first-order valence-electron chi connectivity index (χ1n) is 6.53. The minimum Gasteiger partial charge on any atom is -0.477 e. The van der Waals surface area contributed by atoms with Crippen molar-refractivity contribution in [2.45, 2.75) is 0 Å². The van der Waals surface area contributed by atoms with Crippen LogP contribution in [0.1, 0.15) is 9.67 Å². The number of rotatable bonds is 1. The van der Waals surface area contributed by atoms with Crippen LogP contribution in [0.4, 0.5) is 0 Å². The van der Waals surface area contributed by atoms with Crippen molar-refractivity contribution in [1.82, 2.24) is 9.97 Å². The highest BCUT2D eigenvalue weighted by Gasteiger charge is 2.17. The largest absolute Gasteiger partial charge is 0.477 e. The van der Waals surface area contributed by atoms with Crippen molar-refractivity contribution >= 4 is 104 Å². The minimum atomic E-state index is -0.976.